The largest absolute Gasteiger partial charge is 0.493 e. The normalized spacial score (nSPS) is 15.1. The van der Waals surface area contributed by atoms with Crippen molar-refractivity contribution in [2.75, 3.05) is 26.9 Å². The molecule has 3 aromatic rings. The van der Waals surface area contributed by atoms with Crippen LogP contribution in [0, 0.1) is 0 Å². The zero-order valence-corrected chi connectivity index (χ0v) is 19.5. The summed E-state index contributed by atoms with van der Waals surface area (Å²) in [4.78, 5) is 17.7. The van der Waals surface area contributed by atoms with E-state index >= 15 is 0 Å². The molecule has 1 N–H and O–H groups in total. The van der Waals surface area contributed by atoms with E-state index in [9.17, 15) is 10.0 Å². The van der Waals surface area contributed by atoms with E-state index in [1.54, 1.807) is 12.4 Å². The van der Waals surface area contributed by atoms with Crippen LogP contribution < -0.4 is 4.74 Å². The van der Waals surface area contributed by atoms with Crippen LogP contribution in [0.1, 0.15) is 18.4 Å². The van der Waals surface area contributed by atoms with Gasteiger partial charge in [-0.25, -0.2) is 5.06 Å². The van der Waals surface area contributed by atoms with Gasteiger partial charge in [0.2, 0.25) is 0 Å². The third-order valence-corrected chi connectivity index (χ3v) is 7.20. The molecule has 1 fully saturated rings. The number of thioether (sulfide) groups is 1. The van der Waals surface area contributed by atoms with Crippen LogP contribution in [0.15, 0.2) is 78.0 Å². The van der Waals surface area contributed by atoms with Crippen LogP contribution >= 0.6 is 11.8 Å². The first-order valence-electron chi connectivity index (χ1n) is 11.0. The number of pyridine rings is 1. The van der Waals surface area contributed by atoms with Gasteiger partial charge in [0.1, 0.15) is 10.5 Å². The first-order valence-corrected chi connectivity index (χ1v) is 11.8. The van der Waals surface area contributed by atoms with Gasteiger partial charge in [-0.15, -0.1) is 11.8 Å². The van der Waals surface area contributed by atoms with Crippen molar-refractivity contribution in [3.8, 4) is 16.9 Å². The van der Waals surface area contributed by atoms with Gasteiger partial charge in [0.05, 0.1) is 6.61 Å². The zero-order valence-electron chi connectivity index (χ0n) is 18.6. The fraction of sp³-hybridized carbons (Fsp3) is 0.308. The van der Waals surface area contributed by atoms with Crippen LogP contribution in [0.5, 0.6) is 5.75 Å². The third kappa shape index (κ3) is 5.93. The van der Waals surface area contributed by atoms with E-state index < -0.39 is 4.75 Å². The van der Waals surface area contributed by atoms with Gasteiger partial charge < -0.3 is 9.47 Å². The van der Waals surface area contributed by atoms with Crippen LogP contribution in [0.3, 0.4) is 0 Å². The average Bonchev–Trinajstić information content (AvgIpc) is 2.86. The highest BCUT2D eigenvalue weighted by Gasteiger charge is 2.42. The van der Waals surface area contributed by atoms with E-state index in [1.165, 1.54) is 29.9 Å². The fourth-order valence-corrected chi connectivity index (χ4v) is 5.24. The highest BCUT2D eigenvalue weighted by atomic mass is 32.2. The van der Waals surface area contributed by atoms with E-state index in [0.717, 1.165) is 22.6 Å². The molecule has 1 aliphatic heterocycles. The molecule has 4 rings (SSSR count). The summed E-state index contributed by atoms with van der Waals surface area (Å²) in [6.45, 7) is 1.59. The number of amides is 1. The predicted octanol–water partition coefficient (Wildman–Crippen LogP) is 4.86. The molecule has 172 valence electrons. The molecule has 0 radical (unpaired) electrons. The molecule has 0 bridgehead atoms. The lowest BCUT2D eigenvalue weighted by atomic mass is 9.98. The van der Waals surface area contributed by atoms with Crippen molar-refractivity contribution >= 4 is 17.7 Å². The number of nitrogens with zero attached hydrogens (tertiary/aromatic N) is 2. The molecule has 0 unspecified atom stereocenters. The van der Waals surface area contributed by atoms with Crippen molar-refractivity contribution in [2.24, 2.45) is 0 Å². The quantitative estimate of drug-likeness (QED) is 0.379. The molecule has 0 atom stereocenters. The van der Waals surface area contributed by atoms with Gasteiger partial charge in [0.25, 0.3) is 5.91 Å². The van der Waals surface area contributed by atoms with Gasteiger partial charge in [0, 0.05) is 44.0 Å². The Morgan fingerprint density at radius 2 is 1.82 bits per heavy atom. The number of rotatable bonds is 8. The Labute approximate surface area is 198 Å². The summed E-state index contributed by atoms with van der Waals surface area (Å²) < 4.78 is 10.7. The summed E-state index contributed by atoms with van der Waals surface area (Å²) in [6, 6.07) is 20.2. The van der Waals surface area contributed by atoms with E-state index in [-0.39, 0.29) is 5.91 Å². The summed E-state index contributed by atoms with van der Waals surface area (Å²) >= 11 is 1.49. The molecule has 2 heterocycles. The maximum Gasteiger partial charge on any atom is 0.262 e. The van der Waals surface area contributed by atoms with Crippen molar-refractivity contribution < 1.29 is 19.5 Å². The SMILES string of the molecule is CN(O)C(=O)C1(Sc2ccc(OCCc3cccc(-c4ccncc4)c3)cc2)CCOCC1. The molecular weight excluding hydrogens is 436 g/mol. The Morgan fingerprint density at radius 1 is 1.09 bits per heavy atom. The number of ether oxygens (including phenoxy) is 2. The number of carbonyl (C=O) groups excluding carboxylic acids is 1. The molecule has 6 nitrogen and oxygen atoms in total. The standard InChI is InChI=1S/C26H28N2O4S/c1-28(30)25(29)26(12-17-31-18-13-26)33-24-7-5-23(6-8-24)32-16-11-20-3-2-4-22(19-20)21-9-14-27-15-10-21/h2-10,14-15,19,30H,11-13,16-18H2,1H3. The van der Waals surface area contributed by atoms with E-state index in [1.807, 2.05) is 36.4 Å². The first-order chi connectivity index (χ1) is 16.1. The molecular formula is C26H28N2O4S. The molecule has 7 heteroatoms. The Morgan fingerprint density at radius 3 is 2.52 bits per heavy atom. The van der Waals surface area contributed by atoms with E-state index in [4.69, 9.17) is 9.47 Å². The molecule has 33 heavy (non-hydrogen) atoms. The van der Waals surface area contributed by atoms with Gasteiger partial charge in [-0.05, 0) is 65.9 Å². The Hall–Kier alpha value is -2.87. The summed E-state index contributed by atoms with van der Waals surface area (Å²) in [5, 5.41) is 10.4. The van der Waals surface area contributed by atoms with Crippen molar-refractivity contribution in [3.63, 3.8) is 0 Å². The molecule has 0 spiro atoms. The molecule has 0 saturated carbocycles. The summed E-state index contributed by atoms with van der Waals surface area (Å²) in [6.07, 6.45) is 5.54. The van der Waals surface area contributed by atoms with Gasteiger partial charge >= 0.3 is 0 Å². The van der Waals surface area contributed by atoms with E-state index in [0.29, 0.717) is 37.7 Å². The lowest BCUT2D eigenvalue weighted by Crippen LogP contribution is -2.47. The second-order valence-electron chi connectivity index (χ2n) is 8.04. The van der Waals surface area contributed by atoms with Crippen molar-refractivity contribution in [1.29, 1.82) is 0 Å². The van der Waals surface area contributed by atoms with Crippen LogP contribution in [0.4, 0.5) is 0 Å². The van der Waals surface area contributed by atoms with E-state index in [2.05, 4.69) is 29.2 Å². The van der Waals surface area contributed by atoms with Crippen molar-refractivity contribution in [3.05, 3.63) is 78.6 Å². The Kier molecular flexibility index (Phi) is 7.65. The smallest absolute Gasteiger partial charge is 0.262 e. The first kappa shape index (κ1) is 23.3. The number of carbonyl (C=O) groups is 1. The maximum atomic E-state index is 12.7. The highest BCUT2D eigenvalue weighted by molar-refractivity contribution is 8.01. The number of hydroxylamine groups is 2. The number of hydrogen-bond donors (Lipinski definition) is 1. The van der Waals surface area contributed by atoms with Gasteiger partial charge in [-0.2, -0.15) is 0 Å². The lowest BCUT2D eigenvalue weighted by molar-refractivity contribution is -0.164. The second kappa shape index (κ2) is 10.8. The Balaban J connectivity index is 1.34. The number of benzene rings is 2. The topological polar surface area (TPSA) is 71.9 Å². The van der Waals surface area contributed by atoms with Crippen LogP contribution in [0.2, 0.25) is 0 Å². The fourth-order valence-electron chi connectivity index (χ4n) is 3.92. The third-order valence-electron chi connectivity index (χ3n) is 5.72. The number of hydrogen-bond acceptors (Lipinski definition) is 6. The molecule has 1 amide bonds. The van der Waals surface area contributed by atoms with Crippen molar-refractivity contribution in [2.45, 2.75) is 28.9 Å². The predicted molar refractivity (Wildman–Crippen MR) is 129 cm³/mol. The van der Waals surface area contributed by atoms with Crippen LogP contribution in [-0.2, 0) is 16.0 Å². The number of aromatic nitrogens is 1. The average molecular weight is 465 g/mol. The lowest BCUT2D eigenvalue weighted by Gasteiger charge is -2.36. The molecule has 1 saturated heterocycles. The van der Waals surface area contributed by atoms with Gasteiger partial charge in [-0.3, -0.25) is 15.0 Å². The summed E-state index contributed by atoms with van der Waals surface area (Å²) in [5.41, 5.74) is 3.53. The summed E-state index contributed by atoms with van der Waals surface area (Å²) in [5.74, 6) is 0.501. The second-order valence-corrected chi connectivity index (χ2v) is 9.50. The minimum Gasteiger partial charge on any atom is -0.493 e. The van der Waals surface area contributed by atoms with Crippen LogP contribution in [-0.4, -0.2) is 52.8 Å². The summed E-state index contributed by atoms with van der Waals surface area (Å²) in [7, 11) is 1.38. The van der Waals surface area contributed by atoms with Crippen LogP contribution in [0.25, 0.3) is 11.1 Å². The highest BCUT2D eigenvalue weighted by Crippen LogP contribution is 2.42. The maximum absolute atomic E-state index is 12.7. The minimum absolute atomic E-state index is 0.287. The van der Waals surface area contributed by atoms with Crippen molar-refractivity contribution in [1.82, 2.24) is 10.0 Å². The molecule has 0 aliphatic carbocycles. The van der Waals surface area contributed by atoms with Gasteiger partial charge in [0.15, 0.2) is 0 Å². The van der Waals surface area contributed by atoms with Gasteiger partial charge in [-0.1, -0.05) is 24.3 Å². The zero-order chi connectivity index (χ0) is 23.1. The molecule has 2 aromatic carbocycles. The Bertz CT molecular complexity index is 1050. The monoisotopic (exact) mass is 464 g/mol. The minimum atomic E-state index is -0.704. The molecule has 1 aromatic heterocycles. The molecule has 1 aliphatic rings.